The molecule has 10 heteroatoms. The summed E-state index contributed by atoms with van der Waals surface area (Å²) < 4.78 is 6.57. The van der Waals surface area contributed by atoms with E-state index in [0.29, 0.717) is 27.3 Å². The maximum atomic E-state index is 12.7. The highest BCUT2D eigenvalue weighted by Gasteiger charge is 2.26. The molecular formula is C22H21N5O4S. The molecular weight excluding hydrogens is 430 g/mol. The molecule has 1 aliphatic rings. The van der Waals surface area contributed by atoms with Crippen LogP contribution in [0.15, 0.2) is 63.1 Å². The molecule has 9 nitrogen and oxygen atoms in total. The third-order valence-corrected chi connectivity index (χ3v) is 5.66. The van der Waals surface area contributed by atoms with Crippen LogP contribution in [0.25, 0.3) is 10.2 Å². The summed E-state index contributed by atoms with van der Waals surface area (Å²) >= 11 is 1.39. The molecule has 0 fully saturated rings. The molecule has 1 aliphatic heterocycles. The standard InChI is InChI=1S/C22H21N5O4S/c1-3-31-22(30)18-13(2)24-15-6-4-5-7-16(15)25-19(18)26-17(28)8-10-27-12-23-20-14(21(27)29)9-11-32-20/h4-7,9,11-12,24H,3,8,10H2,1-2H3,(H,25,26,28). The van der Waals surface area contributed by atoms with Gasteiger partial charge >= 0.3 is 5.97 Å². The third kappa shape index (κ3) is 4.30. The smallest absolute Gasteiger partial charge is 0.343 e. The van der Waals surface area contributed by atoms with E-state index in [1.165, 1.54) is 22.2 Å². The van der Waals surface area contributed by atoms with Gasteiger partial charge in [-0.15, -0.1) is 11.3 Å². The summed E-state index contributed by atoms with van der Waals surface area (Å²) in [4.78, 5) is 47.3. The summed E-state index contributed by atoms with van der Waals surface area (Å²) in [6.07, 6.45) is 1.44. The number of ether oxygens (including phenoxy) is 1. The van der Waals surface area contributed by atoms with E-state index < -0.39 is 11.9 Å². The van der Waals surface area contributed by atoms with Gasteiger partial charge in [-0.2, -0.15) is 0 Å². The molecule has 2 aromatic heterocycles. The van der Waals surface area contributed by atoms with Crippen LogP contribution in [-0.2, 0) is 20.9 Å². The number of fused-ring (bicyclic) bond motifs is 2. The van der Waals surface area contributed by atoms with Crippen LogP contribution in [0, 0.1) is 0 Å². The van der Waals surface area contributed by atoms with Crippen LogP contribution < -0.4 is 16.2 Å². The molecule has 1 amide bonds. The number of thiophene rings is 1. The summed E-state index contributed by atoms with van der Waals surface area (Å²) in [5.41, 5.74) is 1.74. The largest absolute Gasteiger partial charge is 0.462 e. The number of benzene rings is 1. The molecule has 2 N–H and O–H groups in total. The third-order valence-electron chi connectivity index (χ3n) is 4.84. The number of amides is 1. The van der Waals surface area contributed by atoms with Crippen molar-refractivity contribution in [1.29, 1.82) is 0 Å². The molecule has 0 spiro atoms. The number of para-hydroxylation sites is 2. The summed E-state index contributed by atoms with van der Waals surface area (Å²) in [5.74, 6) is -0.884. The van der Waals surface area contributed by atoms with Gasteiger partial charge in [-0.25, -0.2) is 14.8 Å². The molecule has 3 heterocycles. The lowest BCUT2D eigenvalue weighted by molar-refractivity contribution is -0.137. The molecule has 32 heavy (non-hydrogen) atoms. The van der Waals surface area contributed by atoms with Crippen molar-refractivity contribution in [2.45, 2.75) is 26.8 Å². The first kappa shape index (κ1) is 21.4. The molecule has 0 saturated heterocycles. The zero-order valence-corrected chi connectivity index (χ0v) is 18.4. The minimum absolute atomic E-state index is 0.000475. The molecule has 3 aromatic rings. The molecule has 4 rings (SSSR count). The Morgan fingerprint density at radius 3 is 2.88 bits per heavy atom. The van der Waals surface area contributed by atoms with Crippen molar-refractivity contribution in [3.8, 4) is 0 Å². The van der Waals surface area contributed by atoms with Crippen LogP contribution in [-0.4, -0.2) is 33.9 Å². The van der Waals surface area contributed by atoms with E-state index in [1.54, 1.807) is 31.4 Å². The van der Waals surface area contributed by atoms with Gasteiger partial charge in [0.15, 0.2) is 0 Å². The fraction of sp³-hybridized carbons (Fsp3) is 0.227. The number of aliphatic imine (C=N–C) groups is 1. The number of carbonyl (C=O) groups excluding carboxylic acids is 2. The zero-order valence-electron chi connectivity index (χ0n) is 17.5. The zero-order chi connectivity index (χ0) is 22.7. The highest BCUT2D eigenvalue weighted by molar-refractivity contribution is 7.16. The van der Waals surface area contributed by atoms with Gasteiger partial charge in [0.2, 0.25) is 5.91 Å². The molecule has 0 unspecified atom stereocenters. The molecule has 0 saturated carbocycles. The van der Waals surface area contributed by atoms with Crippen LogP contribution in [0.2, 0.25) is 0 Å². The summed E-state index contributed by atoms with van der Waals surface area (Å²) in [6, 6.07) is 8.98. The first-order chi connectivity index (χ1) is 15.5. The predicted molar refractivity (Wildman–Crippen MR) is 123 cm³/mol. The second-order valence-electron chi connectivity index (χ2n) is 7.00. The van der Waals surface area contributed by atoms with E-state index in [2.05, 4.69) is 20.6 Å². The molecule has 164 valence electrons. The van der Waals surface area contributed by atoms with Crippen molar-refractivity contribution in [2.24, 2.45) is 4.99 Å². The van der Waals surface area contributed by atoms with E-state index in [9.17, 15) is 14.4 Å². The Kier molecular flexibility index (Phi) is 6.13. The quantitative estimate of drug-likeness (QED) is 0.577. The minimum atomic E-state index is -0.590. The Hall–Kier alpha value is -3.79. The average Bonchev–Trinajstić information content (AvgIpc) is 3.19. The highest BCUT2D eigenvalue weighted by Crippen LogP contribution is 2.30. The van der Waals surface area contributed by atoms with E-state index in [1.807, 2.05) is 18.2 Å². The van der Waals surface area contributed by atoms with Crippen LogP contribution in [0.1, 0.15) is 20.3 Å². The van der Waals surface area contributed by atoms with Crippen molar-refractivity contribution in [1.82, 2.24) is 14.9 Å². The topological polar surface area (TPSA) is 115 Å². The van der Waals surface area contributed by atoms with E-state index >= 15 is 0 Å². The maximum Gasteiger partial charge on any atom is 0.343 e. The number of amidine groups is 1. The Morgan fingerprint density at radius 2 is 2.06 bits per heavy atom. The van der Waals surface area contributed by atoms with Gasteiger partial charge in [0, 0.05) is 18.7 Å². The number of nitrogens with zero attached hydrogens (tertiary/aromatic N) is 3. The van der Waals surface area contributed by atoms with Gasteiger partial charge in [0.1, 0.15) is 16.2 Å². The Balaban J connectivity index is 1.57. The number of anilines is 1. The summed E-state index contributed by atoms with van der Waals surface area (Å²) in [7, 11) is 0. The molecule has 0 atom stereocenters. The van der Waals surface area contributed by atoms with E-state index in [0.717, 1.165) is 0 Å². The van der Waals surface area contributed by atoms with Crippen LogP contribution >= 0.6 is 11.3 Å². The van der Waals surface area contributed by atoms with Crippen molar-refractivity contribution in [2.75, 3.05) is 11.9 Å². The second kappa shape index (κ2) is 9.15. The number of nitrogens with one attached hydrogen (secondary N) is 2. The predicted octanol–water partition coefficient (Wildman–Crippen LogP) is 2.96. The van der Waals surface area contributed by atoms with Gasteiger partial charge in [-0.3, -0.25) is 14.2 Å². The summed E-state index contributed by atoms with van der Waals surface area (Å²) in [5, 5.41) is 8.20. The van der Waals surface area contributed by atoms with Gasteiger partial charge in [0.05, 0.1) is 29.7 Å². The highest BCUT2D eigenvalue weighted by atomic mass is 32.1. The minimum Gasteiger partial charge on any atom is -0.462 e. The number of hydrogen-bond acceptors (Lipinski definition) is 8. The van der Waals surface area contributed by atoms with Gasteiger partial charge in [-0.05, 0) is 37.4 Å². The Morgan fingerprint density at radius 1 is 1.25 bits per heavy atom. The second-order valence-corrected chi connectivity index (χ2v) is 7.90. The van der Waals surface area contributed by atoms with E-state index in [-0.39, 0.29) is 36.5 Å². The number of esters is 1. The fourth-order valence-electron chi connectivity index (χ4n) is 3.31. The fourth-order valence-corrected chi connectivity index (χ4v) is 4.03. The normalized spacial score (nSPS) is 13.1. The monoisotopic (exact) mass is 451 g/mol. The van der Waals surface area contributed by atoms with Crippen molar-refractivity contribution in [3.63, 3.8) is 0 Å². The number of allylic oxidation sites excluding steroid dienone is 1. The lowest BCUT2D eigenvalue weighted by atomic mass is 10.2. The van der Waals surface area contributed by atoms with Crippen molar-refractivity contribution in [3.05, 3.63) is 63.7 Å². The Labute approximate surface area is 187 Å². The van der Waals surface area contributed by atoms with Crippen LogP contribution in [0.4, 0.5) is 11.4 Å². The molecule has 0 aliphatic carbocycles. The average molecular weight is 452 g/mol. The van der Waals surface area contributed by atoms with Crippen molar-refractivity contribution < 1.29 is 14.3 Å². The molecule has 1 aromatic carbocycles. The maximum absolute atomic E-state index is 12.7. The number of aryl methyl sites for hydroxylation is 1. The first-order valence-corrected chi connectivity index (χ1v) is 10.9. The first-order valence-electron chi connectivity index (χ1n) is 10.0. The lowest BCUT2D eigenvalue weighted by Gasteiger charge is -2.13. The van der Waals surface area contributed by atoms with Gasteiger partial charge in [0.25, 0.3) is 5.56 Å². The van der Waals surface area contributed by atoms with Crippen LogP contribution in [0.3, 0.4) is 0 Å². The molecule has 0 bridgehead atoms. The lowest BCUT2D eigenvalue weighted by Crippen LogP contribution is -2.36. The number of carbonyl (C=O) groups is 2. The number of aromatic nitrogens is 2. The van der Waals surface area contributed by atoms with Gasteiger partial charge < -0.3 is 15.4 Å². The molecule has 0 radical (unpaired) electrons. The summed E-state index contributed by atoms with van der Waals surface area (Å²) in [6.45, 7) is 3.75. The number of rotatable bonds is 5. The number of hydrogen-bond donors (Lipinski definition) is 2. The van der Waals surface area contributed by atoms with E-state index in [4.69, 9.17) is 4.74 Å². The Bertz CT molecular complexity index is 1320. The van der Waals surface area contributed by atoms with Gasteiger partial charge in [-0.1, -0.05) is 12.1 Å². The van der Waals surface area contributed by atoms with Crippen LogP contribution in [0.5, 0.6) is 0 Å². The SMILES string of the molecule is CCOC(=O)C1=C(C)Nc2ccccc2N=C1NC(=O)CCn1cnc2sccc2c1=O. The van der Waals surface area contributed by atoms with Crippen molar-refractivity contribution >= 4 is 50.6 Å².